The monoisotopic (exact) mass is 229 g/mol. The second kappa shape index (κ2) is 4.41. The van der Waals surface area contributed by atoms with Gasteiger partial charge in [0.05, 0.1) is 0 Å². The van der Waals surface area contributed by atoms with Crippen LogP contribution in [0.25, 0.3) is 0 Å². The Morgan fingerprint density at radius 1 is 1.47 bits per heavy atom. The van der Waals surface area contributed by atoms with Gasteiger partial charge in [-0.05, 0) is 26.0 Å². The molecule has 0 atom stereocenters. The van der Waals surface area contributed by atoms with Crippen LogP contribution in [0.2, 0.25) is 0 Å². The van der Waals surface area contributed by atoms with Crippen molar-refractivity contribution in [2.75, 3.05) is 5.73 Å². The molecule has 0 saturated heterocycles. The quantitative estimate of drug-likeness (QED) is 0.647. The largest absolute Gasteiger partial charge is 0.398 e. The Bertz CT molecular complexity index is 558. The van der Waals surface area contributed by atoms with Gasteiger partial charge in [0.15, 0.2) is 5.82 Å². The predicted octanol–water partition coefficient (Wildman–Crippen LogP) is 2.02. The molecule has 0 amide bonds. The summed E-state index contributed by atoms with van der Waals surface area (Å²) in [5.41, 5.74) is 7.85. The zero-order valence-electron chi connectivity index (χ0n) is 9.97. The van der Waals surface area contributed by atoms with E-state index in [9.17, 15) is 4.79 Å². The summed E-state index contributed by atoms with van der Waals surface area (Å²) >= 11 is 0. The van der Waals surface area contributed by atoms with Crippen molar-refractivity contribution in [1.29, 1.82) is 0 Å². The Labute approximate surface area is 100 Å². The van der Waals surface area contributed by atoms with Crippen LogP contribution in [0.1, 0.15) is 28.7 Å². The molecule has 0 spiro atoms. The molecule has 4 nitrogen and oxygen atoms in total. The number of ketones is 1. The standard InChI is InChI=1S/C13H15N3O/c1-3-16-7-6-15-13(16)12(17)10-8-9(2)4-5-11(10)14/h4-8H,3,14H2,1-2H3. The van der Waals surface area contributed by atoms with E-state index < -0.39 is 0 Å². The fourth-order valence-corrected chi connectivity index (χ4v) is 1.76. The van der Waals surface area contributed by atoms with Crippen LogP contribution in [0.4, 0.5) is 5.69 Å². The zero-order valence-corrected chi connectivity index (χ0v) is 9.97. The number of hydrogen-bond acceptors (Lipinski definition) is 3. The van der Waals surface area contributed by atoms with Crippen LogP contribution in [0, 0.1) is 6.92 Å². The number of anilines is 1. The molecule has 2 aromatic rings. The summed E-state index contributed by atoms with van der Waals surface area (Å²) in [5, 5.41) is 0. The smallest absolute Gasteiger partial charge is 0.230 e. The van der Waals surface area contributed by atoms with Gasteiger partial charge in [-0.2, -0.15) is 0 Å². The van der Waals surface area contributed by atoms with E-state index in [4.69, 9.17) is 5.73 Å². The first kappa shape index (κ1) is 11.4. The molecule has 1 aromatic carbocycles. The lowest BCUT2D eigenvalue weighted by Crippen LogP contribution is -2.12. The molecule has 0 fully saturated rings. The van der Waals surface area contributed by atoms with E-state index in [1.807, 2.05) is 24.5 Å². The van der Waals surface area contributed by atoms with Crippen LogP contribution in [0.5, 0.6) is 0 Å². The molecule has 0 saturated carbocycles. The summed E-state index contributed by atoms with van der Waals surface area (Å²) in [5.74, 6) is 0.308. The Balaban J connectivity index is 2.47. The number of rotatable bonds is 3. The highest BCUT2D eigenvalue weighted by Gasteiger charge is 2.17. The third-order valence-electron chi connectivity index (χ3n) is 2.71. The first-order valence-corrected chi connectivity index (χ1v) is 5.55. The minimum absolute atomic E-state index is 0.127. The topological polar surface area (TPSA) is 60.9 Å². The number of benzene rings is 1. The summed E-state index contributed by atoms with van der Waals surface area (Å²) in [6.07, 6.45) is 3.42. The summed E-state index contributed by atoms with van der Waals surface area (Å²) in [6, 6.07) is 5.44. The van der Waals surface area contributed by atoms with Crippen LogP contribution >= 0.6 is 0 Å². The van der Waals surface area contributed by atoms with Crippen molar-refractivity contribution in [3.8, 4) is 0 Å². The van der Waals surface area contributed by atoms with Gasteiger partial charge in [-0.3, -0.25) is 4.79 Å². The van der Waals surface area contributed by atoms with Crippen LogP contribution < -0.4 is 5.73 Å². The molecule has 1 heterocycles. The van der Waals surface area contributed by atoms with Crippen molar-refractivity contribution >= 4 is 11.5 Å². The first-order valence-electron chi connectivity index (χ1n) is 5.55. The number of aryl methyl sites for hydroxylation is 2. The molecule has 17 heavy (non-hydrogen) atoms. The van der Waals surface area contributed by atoms with Crippen LogP contribution in [-0.2, 0) is 6.54 Å². The number of imidazole rings is 1. The number of hydrogen-bond donors (Lipinski definition) is 1. The lowest BCUT2D eigenvalue weighted by atomic mass is 10.1. The van der Waals surface area contributed by atoms with Crippen molar-refractivity contribution in [2.24, 2.45) is 0 Å². The summed E-state index contributed by atoms with van der Waals surface area (Å²) in [4.78, 5) is 16.4. The number of aromatic nitrogens is 2. The fourth-order valence-electron chi connectivity index (χ4n) is 1.76. The number of nitrogens with zero attached hydrogens (tertiary/aromatic N) is 2. The lowest BCUT2D eigenvalue weighted by Gasteiger charge is -2.07. The van der Waals surface area contributed by atoms with Gasteiger partial charge < -0.3 is 10.3 Å². The maximum Gasteiger partial charge on any atom is 0.230 e. The molecule has 4 heteroatoms. The molecule has 0 unspecified atom stereocenters. The molecule has 0 aliphatic carbocycles. The molecule has 1 aromatic heterocycles. The number of carbonyl (C=O) groups excluding carboxylic acids is 1. The number of nitrogens with two attached hydrogens (primary N) is 1. The van der Waals surface area contributed by atoms with Crippen molar-refractivity contribution in [3.63, 3.8) is 0 Å². The van der Waals surface area contributed by atoms with E-state index >= 15 is 0 Å². The molecule has 88 valence electrons. The van der Waals surface area contributed by atoms with Gasteiger partial charge in [0.25, 0.3) is 0 Å². The highest BCUT2D eigenvalue weighted by Crippen LogP contribution is 2.17. The molecule has 0 radical (unpaired) electrons. The molecular formula is C13H15N3O. The normalized spacial score (nSPS) is 10.5. The van der Waals surface area contributed by atoms with Crippen molar-refractivity contribution in [2.45, 2.75) is 20.4 Å². The number of carbonyl (C=O) groups is 1. The molecule has 2 N–H and O–H groups in total. The molecule has 0 bridgehead atoms. The Morgan fingerprint density at radius 3 is 2.94 bits per heavy atom. The Kier molecular flexibility index (Phi) is 2.95. The average Bonchev–Trinajstić information content (AvgIpc) is 2.79. The first-order chi connectivity index (χ1) is 8.13. The Hall–Kier alpha value is -2.10. The van der Waals surface area contributed by atoms with Gasteiger partial charge in [0.2, 0.25) is 5.78 Å². The van der Waals surface area contributed by atoms with Gasteiger partial charge in [0, 0.05) is 30.2 Å². The van der Waals surface area contributed by atoms with E-state index in [-0.39, 0.29) is 5.78 Å². The minimum Gasteiger partial charge on any atom is -0.398 e. The van der Waals surface area contributed by atoms with E-state index in [1.54, 1.807) is 24.5 Å². The van der Waals surface area contributed by atoms with Gasteiger partial charge in [-0.25, -0.2) is 4.98 Å². The van der Waals surface area contributed by atoms with E-state index in [0.29, 0.717) is 23.6 Å². The molecule has 2 rings (SSSR count). The highest BCUT2D eigenvalue weighted by atomic mass is 16.1. The van der Waals surface area contributed by atoms with Crippen molar-refractivity contribution < 1.29 is 4.79 Å². The third kappa shape index (κ3) is 2.06. The molecular weight excluding hydrogens is 214 g/mol. The van der Waals surface area contributed by atoms with E-state index in [0.717, 1.165) is 5.56 Å². The number of nitrogen functional groups attached to an aromatic ring is 1. The maximum atomic E-state index is 12.3. The average molecular weight is 229 g/mol. The summed E-state index contributed by atoms with van der Waals surface area (Å²) in [6.45, 7) is 4.62. The van der Waals surface area contributed by atoms with Crippen LogP contribution in [0.3, 0.4) is 0 Å². The maximum absolute atomic E-state index is 12.3. The fraction of sp³-hybridized carbons (Fsp3) is 0.231. The highest BCUT2D eigenvalue weighted by molar-refractivity contribution is 6.10. The van der Waals surface area contributed by atoms with Crippen molar-refractivity contribution in [3.05, 3.63) is 47.5 Å². The molecule has 0 aliphatic heterocycles. The van der Waals surface area contributed by atoms with E-state index in [1.165, 1.54) is 0 Å². The van der Waals surface area contributed by atoms with Crippen LogP contribution in [0.15, 0.2) is 30.6 Å². The lowest BCUT2D eigenvalue weighted by molar-refractivity contribution is 0.102. The minimum atomic E-state index is -0.127. The Morgan fingerprint density at radius 2 is 2.24 bits per heavy atom. The van der Waals surface area contributed by atoms with Crippen molar-refractivity contribution in [1.82, 2.24) is 9.55 Å². The van der Waals surface area contributed by atoms with Gasteiger partial charge in [-0.1, -0.05) is 11.6 Å². The molecule has 0 aliphatic rings. The second-order valence-corrected chi connectivity index (χ2v) is 3.96. The van der Waals surface area contributed by atoms with Gasteiger partial charge in [0.1, 0.15) is 0 Å². The second-order valence-electron chi connectivity index (χ2n) is 3.96. The van der Waals surface area contributed by atoms with Crippen LogP contribution in [-0.4, -0.2) is 15.3 Å². The zero-order chi connectivity index (χ0) is 12.4. The van der Waals surface area contributed by atoms with E-state index in [2.05, 4.69) is 4.98 Å². The van der Waals surface area contributed by atoms with Gasteiger partial charge >= 0.3 is 0 Å². The SMILES string of the molecule is CCn1ccnc1C(=O)c1cc(C)ccc1N. The summed E-state index contributed by atoms with van der Waals surface area (Å²) < 4.78 is 1.81. The third-order valence-corrected chi connectivity index (χ3v) is 2.71. The summed E-state index contributed by atoms with van der Waals surface area (Å²) in [7, 11) is 0. The van der Waals surface area contributed by atoms with Gasteiger partial charge in [-0.15, -0.1) is 0 Å². The predicted molar refractivity (Wildman–Crippen MR) is 66.9 cm³/mol.